The van der Waals surface area contributed by atoms with Gasteiger partial charge in [0, 0.05) is 31.0 Å². The van der Waals surface area contributed by atoms with E-state index >= 15 is 0 Å². The molecule has 142 valence electrons. The summed E-state index contributed by atoms with van der Waals surface area (Å²) in [6, 6.07) is 13.8. The summed E-state index contributed by atoms with van der Waals surface area (Å²) in [6.45, 7) is 1.92. The number of carbonyl (C=O) groups is 1. The van der Waals surface area contributed by atoms with Gasteiger partial charge in [-0.05, 0) is 48.2 Å². The van der Waals surface area contributed by atoms with Crippen molar-refractivity contribution in [3.8, 4) is 11.1 Å². The molecule has 0 radical (unpaired) electrons. The van der Waals surface area contributed by atoms with Gasteiger partial charge >= 0.3 is 0 Å². The Bertz CT molecular complexity index is 1020. The summed E-state index contributed by atoms with van der Waals surface area (Å²) in [5, 5.41) is 4.63. The molecular weight excluding hydrogens is 355 g/mol. The van der Waals surface area contributed by atoms with Crippen molar-refractivity contribution >= 4 is 5.91 Å². The van der Waals surface area contributed by atoms with Crippen LogP contribution in [0.25, 0.3) is 11.1 Å². The number of amides is 1. The number of aromatic nitrogens is 3. The Labute approximate surface area is 162 Å². The van der Waals surface area contributed by atoms with E-state index in [0.29, 0.717) is 31.1 Å². The molecule has 28 heavy (non-hydrogen) atoms. The summed E-state index contributed by atoms with van der Waals surface area (Å²) in [4.78, 5) is 19.6. The molecule has 0 atom stereocenters. The molecule has 1 aliphatic carbocycles. The van der Waals surface area contributed by atoms with E-state index in [1.165, 1.54) is 25.0 Å². The molecule has 6 heteroatoms. The summed E-state index contributed by atoms with van der Waals surface area (Å²) in [5.74, 6) is 2.20. The maximum Gasteiger partial charge on any atom is 0.253 e. The van der Waals surface area contributed by atoms with E-state index in [1.807, 2.05) is 39.9 Å². The fourth-order valence-corrected chi connectivity index (χ4v) is 3.72. The first-order chi connectivity index (χ1) is 13.7. The predicted octanol–water partition coefficient (Wildman–Crippen LogP) is 3.66. The van der Waals surface area contributed by atoms with E-state index in [2.05, 4.69) is 10.1 Å². The second-order valence-corrected chi connectivity index (χ2v) is 7.52. The molecule has 2 heterocycles. The summed E-state index contributed by atoms with van der Waals surface area (Å²) in [7, 11) is 0. The van der Waals surface area contributed by atoms with Gasteiger partial charge in [0.15, 0.2) is 5.82 Å². The van der Waals surface area contributed by atoms with E-state index in [1.54, 1.807) is 6.07 Å². The normalized spacial score (nSPS) is 16.5. The van der Waals surface area contributed by atoms with Crippen molar-refractivity contribution in [2.75, 3.05) is 13.1 Å². The van der Waals surface area contributed by atoms with Gasteiger partial charge in [0.1, 0.15) is 11.6 Å². The number of fused-ring (bicyclic) bond motifs is 1. The fourth-order valence-electron chi connectivity index (χ4n) is 3.72. The predicted molar refractivity (Wildman–Crippen MR) is 103 cm³/mol. The SMILES string of the molecule is O=C(c1cccc(-c2cccc(F)c2)c1)N1CCc2nc(C3CC3)nn2CC1. The number of hydrogen-bond donors (Lipinski definition) is 0. The molecule has 0 unspecified atom stereocenters. The first-order valence-corrected chi connectivity index (χ1v) is 9.76. The summed E-state index contributed by atoms with van der Waals surface area (Å²) < 4.78 is 15.5. The minimum Gasteiger partial charge on any atom is -0.336 e. The van der Waals surface area contributed by atoms with Crippen molar-refractivity contribution in [1.29, 1.82) is 0 Å². The minimum absolute atomic E-state index is 0.00794. The van der Waals surface area contributed by atoms with Crippen LogP contribution in [0.15, 0.2) is 48.5 Å². The van der Waals surface area contributed by atoms with Crippen molar-refractivity contribution in [2.24, 2.45) is 0 Å². The molecule has 5 nitrogen and oxygen atoms in total. The third-order valence-electron chi connectivity index (χ3n) is 5.45. The van der Waals surface area contributed by atoms with Gasteiger partial charge in [-0.25, -0.2) is 14.1 Å². The largest absolute Gasteiger partial charge is 0.336 e. The molecule has 1 amide bonds. The van der Waals surface area contributed by atoms with Crippen molar-refractivity contribution in [3.63, 3.8) is 0 Å². The lowest BCUT2D eigenvalue weighted by molar-refractivity contribution is 0.0758. The van der Waals surface area contributed by atoms with Crippen LogP contribution in [0.3, 0.4) is 0 Å². The first-order valence-electron chi connectivity index (χ1n) is 9.76. The van der Waals surface area contributed by atoms with Gasteiger partial charge in [-0.2, -0.15) is 5.10 Å². The van der Waals surface area contributed by atoms with Crippen LogP contribution in [0.4, 0.5) is 4.39 Å². The minimum atomic E-state index is -0.283. The van der Waals surface area contributed by atoms with Crippen molar-refractivity contribution in [2.45, 2.75) is 31.7 Å². The Balaban J connectivity index is 1.34. The van der Waals surface area contributed by atoms with Gasteiger partial charge in [-0.15, -0.1) is 0 Å². The molecule has 2 aromatic carbocycles. The third-order valence-corrected chi connectivity index (χ3v) is 5.45. The molecule has 1 aromatic heterocycles. The van der Waals surface area contributed by atoms with Crippen molar-refractivity contribution in [1.82, 2.24) is 19.7 Å². The molecule has 2 aliphatic rings. The van der Waals surface area contributed by atoms with Crippen LogP contribution in [0.2, 0.25) is 0 Å². The number of rotatable bonds is 3. The number of benzene rings is 2. The molecule has 1 fully saturated rings. The molecule has 0 N–H and O–H groups in total. The smallest absolute Gasteiger partial charge is 0.253 e. The lowest BCUT2D eigenvalue weighted by Crippen LogP contribution is -2.33. The molecule has 1 saturated carbocycles. The van der Waals surface area contributed by atoms with Gasteiger partial charge in [0.05, 0.1) is 6.54 Å². The van der Waals surface area contributed by atoms with Gasteiger partial charge in [-0.3, -0.25) is 4.79 Å². The van der Waals surface area contributed by atoms with Gasteiger partial charge in [-0.1, -0.05) is 24.3 Å². The van der Waals surface area contributed by atoms with Crippen molar-refractivity contribution in [3.05, 3.63) is 71.6 Å². The van der Waals surface area contributed by atoms with E-state index in [-0.39, 0.29) is 11.7 Å². The van der Waals surface area contributed by atoms with Crippen LogP contribution < -0.4 is 0 Å². The Kier molecular flexibility index (Phi) is 4.19. The maximum atomic E-state index is 13.5. The average molecular weight is 376 g/mol. The van der Waals surface area contributed by atoms with Crippen molar-refractivity contribution < 1.29 is 9.18 Å². The van der Waals surface area contributed by atoms with Crippen LogP contribution in [-0.4, -0.2) is 38.7 Å². The molecule has 3 aromatic rings. The van der Waals surface area contributed by atoms with Crippen LogP contribution in [0.1, 0.15) is 40.8 Å². The molecule has 1 aliphatic heterocycles. The monoisotopic (exact) mass is 376 g/mol. The molecule has 0 bridgehead atoms. The van der Waals surface area contributed by atoms with Crippen LogP contribution in [0, 0.1) is 5.82 Å². The second kappa shape index (κ2) is 6.86. The van der Waals surface area contributed by atoms with E-state index in [9.17, 15) is 9.18 Å². The number of halogens is 1. The zero-order valence-electron chi connectivity index (χ0n) is 15.5. The quantitative estimate of drug-likeness (QED) is 0.701. The zero-order valence-corrected chi connectivity index (χ0v) is 15.5. The number of nitrogens with zero attached hydrogens (tertiary/aromatic N) is 4. The average Bonchev–Trinajstić information content (AvgIpc) is 3.52. The summed E-state index contributed by atoms with van der Waals surface area (Å²) in [6.07, 6.45) is 3.10. The highest BCUT2D eigenvalue weighted by atomic mass is 19.1. The lowest BCUT2D eigenvalue weighted by Gasteiger charge is -2.20. The third kappa shape index (κ3) is 3.30. The Morgan fingerprint density at radius 3 is 2.57 bits per heavy atom. The fraction of sp³-hybridized carbons (Fsp3) is 0.318. The standard InChI is InChI=1S/C22H21FN4O/c23-19-6-2-4-17(14-19)16-3-1-5-18(13-16)22(28)26-10-9-20-24-21(15-7-8-15)25-27(20)12-11-26/h1-6,13-15H,7-12H2. The highest BCUT2D eigenvalue weighted by molar-refractivity contribution is 5.95. The highest BCUT2D eigenvalue weighted by Crippen LogP contribution is 2.38. The highest BCUT2D eigenvalue weighted by Gasteiger charge is 2.30. The molecule has 0 saturated heterocycles. The molecule has 5 rings (SSSR count). The van der Waals surface area contributed by atoms with Crippen LogP contribution >= 0.6 is 0 Å². The topological polar surface area (TPSA) is 51.0 Å². The van der Waals surface area contributed by atoms with Gasteiger partial charge in [0.25, 0.3) is 5.91 Å². The lowest BCUT2D eigenvalue weighted by atomic mass is 10.0. The zero-order chi connectivity index (χ0) is 19.1. The second-order valence-electron chi connectivity index (χ2n) is 7.52. The Morgan fingerprint density at radius 2 is 1.79 bits per heavy atom. The van der Waals surface area contributed by atoms with Gasteiger partial charge in [0.2, 0.25) is 0 Å². The molecule has 0 spiro atoms. The molecular formula is C22H21FN4O. The number of carbonyl (C=O) groups excluding carboxylic acids is 1. The summed E-state index contributed by atoms with van der Waals surface area (Å²) >= 11 is 0. The first kappa shape index (κ1) is 17.1. The maximum absolute atomic E-state index is 13.5. The van der Waals surface area contributed by atoms with Crippen LogP contribution in [0.5, 0.6) is 0 Å². The Hall–Kier alpha value is -3.02. The number of hydrogen-bond acceptors (Lipinski definition) is 3. The van der Waals surface area contributed by atoms with Crippen LogP contribution in [-0.2, 0) is 13.0 Å². The van der Waals surface area contributed by atoms with E-state index in [4.69, 9.17) is 0 Å². The van der Waals surface area contributed by atoms with Gasteiger partial charge < -0.3 is 4.90 Å². The van der Waals surface area contributed by atoms with E-state index in [0.717, 1.165) is 29.2 Å². The Morgan fingerprint density at radius 1 is 1.00 bits per heavy atom. The summed E-state index contributed by atoms with van der Waals surface area (Å²) in [5.41, 5.74) is 2.22. The van der Waals surface area contributed by atoms with E-state index < -0.39 is 0 Å².